The van der Waals surface area contributed by atoms with Crippen LogP contribution in [0.25, 0.3) is 0 Å². The Bertz CT molecular complexity index is 1290. The molecule has 2 N–H and O–H groups in total. The van der Waals surface area contributed by atoms with E-state index in [1.54, 1.807) is 4.72 Å². The summed E-state index contributed by atoms with van der Waals surface area (Å²) < 4.78 is 101. The van der Waals surface area contributed by atoms with Crippen molar-refractivity contribution >= 4 is 41.3 Å². The highest BCUT2D eigenvalue weighted by Gasteiger charge is 2.39. The van der Waals surface area contributed by atoms with Crippen LogP contribution in [0.15, 0.2) is 36.4 Å². The van der Waals surface area contributed by atoms with Crippen LogP contribution in [-0.2, 0) is 21.4 Å². The predicted molar refractivity (Wildman–Crippen MR) is 137 cm³/mol. The lowest BCUT2D eigenvalue weighted by atomic mass is 10.0. The van der Waals surface area contributed by atoms with Gasteiger partial charge in [-0.3, -0.25) is 4.79 Å². The summed E-state index contributed by atoms with van der Waals surface area (Å²) >= 11 is 0. The van der Waals surface area contributed by atoms with Crippen LogP contribution in [0.4, 0.5) is 32.4 Å². The molecule has 1 heterocycles. The number of nitrogens with one attached hydrogen (secondary N) is 2. The molecule has 39 heavy (non-hydrogen) atoms. The van der Waals surface area contributed by atoms with Crippen LogP contribution < -0.4 is 19.7 Å². The average molecular weight is 599 g/mol. The first-order valence-electron chi connectivity index (χ1n) is 11.2. The van der Waals surface area contributed by atoms with E-state index in [9.17, 15) is 40.0 Å². The number of hydrogen-bond acceptors (Lipinski definition) is 5. The summed E-state index contributed by atoms with van der Waals surface area (Å²) in [7, 11) is -2.06. The number of amides is 3. The van der Waals surface area contributed by atoms with Gasteiger partial charge in [-0.25, -0.2) is 31.5 Å². The molecular formula is C23H27F5N4O5S2. The lowest BCUT2D eigenvalue weighted by Crippen LogP contribution is -2.55. The number of carbonyl (C=O) groups is 2. The van der Waals surface area contributed by atoms with Gasteiger partial charge in [-0.1, -0.05) is 0 Å². The van der Waals surface area contributed by atoms with Crippen LogP contribution in [0.3, 0.4) is 0 Å². The second-order valence-electron chi connectivity index (χ2n) is 8.59. The lowest BCUT2D eigenvalue weighted by Gasteiger charge is -2.31. The minimum Gasteiger partial charge on any atom is -0.494 e. The smallest absolute Gasteiger partial charge is 0.330 e. The van der Waals surface area contributed by atoms with Crippen LogP contribution in [0.5, 0.6) is 5.75 Å². The van der Waals surface area contributed by atoms with E-state index in [1.165, 1.54) is 26.3 Å². The monoisotopic (exact) mass is 598 g/mol. The maximum atomic E-state index is 14.2. The van der Waals surface area contributed by atoms with Crippen molar-refractivity contribution in [2.75, 3.05) is 32.1 Å². The standard InChI is InChI=1S/C23H25F5N4O5S.H2S/c1-31(17-3-4-20(37-2)18(26)13-17)21(33)19(11-14-9-15(24)12-16(25)10-14)29-22(34)30-38(35,36)32-7-5-23(27,28)6-8-32;/h3-4,9-10,12-13,19H,5-8,11H2,1-2H3,(H2,29,30,34);1H2/t19-;/m0./s1. The number of nitrogens with zero attached hydrogens (tertiary/aromatic N) is 2. The normalized spacial score (nSPS) is 16.0. The van der Waals surface area contributed by atoms with Crippen molar-refractivity contribution in [1.29, 1.82) is 0 Å². The van der Waals surface area contributed by atoms with Gasteiger partial charge in [0, 0.05) is 57.2 Å². The molecule has 3 rings (SSSR count). The first-order valence-corrected chi connectivity index (χ1v) is 12.7. The van der Waals surface area contributed by atoms with E-state index in [4.69, 9.17) is 4.74 Å². The number of carbonyl (C=O) groups excluding carboxylic acids is 2. The van der Waals surface area contributed by atoms with E-state index < -0.39 is 83.9 Å². The molecule has 0 saturated carbocycles. The fraction of sp³-hybridized carbons (Fsp3) is 0.391. The zero-order chi connectivity index (χ0) is 28.3. The summed E-state index contributed by atoms with van der Waals surface area (Å²) in [6, 6.07) is 3.05. The first-order chi connectivity index (χ1) is 17.7. The van der Waals surface area contributed by atoms with Gasteiger partial charge in [0.2, 0.25) is 5.91 Å². The van der Waals surface area contributed by atoms with Gasteiger partial charge in [0.05, 0.1) is 7.11 Å². The van der Waals surface area contributed by atoms with E-state index in [2.05, 4.69) is 5.32 Å². The van der Waals surface area contributed by atoms with Crippen molar-refractivity contribution in [2.45, 2.75) is 31.2 Å². The van der Waals surface area contributed by atoms with E-state index >= 15 is 0 Å². The number of halogens is 5. The molecule has 1 aliphatic rings. The number of ether oxygens (including phenoxy) is 1. The molecule has 0 radical (unpaired) electrons. The van der Waals surface area contributed by atoms with Crippen LogP contribution in [-0.4, -0.2) is 63.9 Å². The molecular weight excluding hydrogens is 571 g/mol. The predicted octanol–water partition coefficient (Wildman–Crippen LogP) is 3.07. The molecule has 3 amide bonds. The summed E-state index contributed by atoms with van der Waals surface area (Å²) in [6.07, 6.45) is -1.93. The molecule has 1 atom stereocenters. The number of urea groups is 1. The van der Waals surface area contributed by atoms with Gasteiger partial charge in [-0.05, 0) is 29.8 Å². The van der Waals surface area contributed by atoms with Crippen molar-refractivity contribution < 1.29 is 44.7 Å². The fourth-order valence-corrected chi connectivity index (χ4v) is 4.90. The zero-order valence-corrected chi connectivity index (χ0v) is 22.6. The summed E-state index contributed by atoms with van der Waals surface area (Å²) in [5.74, 6) is -6.71. The third kappa shape index (κ3) is 8.44. The number of likely N-dealkylation sites (N-methyl/N-ethyl adjacent to an activating group) is 1. The minimum atomic E-state index is -4.55. The van der Waals surface area contributed by atoms with E-state index in [0.717, 1.165) is 23.1 Å². The van der Waals surface area contributed by atoms with E-state index in [-0.39, 0.29) is 30.5 Å². The number of methoxy groups -OCH3 is 1. The molecule has 0 bridgehead atoms. The summed E-state index contributed by atoms with van der Waals surface area (Å²) in [4.78, 5) is 26.8. The molecule has 0 aromatic heterocycles. The highest BCUT2D eigenvalue weighted by molar-refractivity contribution is 7.87. The highest BCUT2D eigenvalue weighted by atomic mass is 32.2. The topological polar surface area (TPSA) is 108 Å². The van der Waals surface area contributed by atoms with Crippen LogP contribution in [0.2, 0.25) is 0 Å². The molecule has 16 heteroatoms. The fourth-order valence-electron chi connectivity index (χ4n) is 3.81. The third-order valence-electron chi connectivity index (χ3n) is 5.83. The molecule has 2 aromatic rings. The number of anilines is 1. The van der Waals surface area contributed by atoms with Gasteiger partial charge in [-0.2, -0.15) is 26.2 Å². The molecule has 0 unspecified atom stereocenters. The molecule has 9 nitrogen and oxygen atoms in total. The lowest BCUT2D eigenvalue weighted by molar-refractivity contribution is -0.120. The molecule has 1 fully saturated rings. The Morgan fingerprint density at radius 3 is 2.21 bits per heavy atom. The highest BCUT2D eigenvalue weighted by Crippen LogP contribution is 2.28. The van der Waals surface area contributed by atoms with Gasteiger partial charge in [0.15, 0.2) is 11.6 Å². The molecule has 0 spiro atoms. The summed E-state index contributed by atoms with van der Waals surface area (Å²) in [5.41, 5.74) is -0.00984. The second kappa shape index (κ2) is 12.8. The van der Waals surface area contributed by atoms with Gasteiger partial charge >= 0.3 is 16.2 Å². The Morgan fingerprint density at radius 2 is 1.67 bits per heavy atom. The van der Waals surface area contributed by atoms with Gasteiger partial charge < -0.3 is 15.0 Å². The van der Waals surface area contributed by atoms with Crippen molar-refractivity contribution in [1.82, 2.24) is 14.3 Å². The van der Waals surface area contributed by atoms with Crippen molar-refractivity contribution in [3.05, 3.63) is 59.4 Å². The Kier molecular flexibility index (Phi) is 10.6. The maximum absolute atomic E-state index is 14.2. The average Bonchev–Trinajstić information content (AvgIpc) is 2.81. The first kappa shape index (κ1) is 32.1. The van der Waals surface area contributed by atoms with Gasteiger partial charge in [0.1, 0.15) is 17.7 Å². The van der Waals surface area contributed by atoms with Crippen LogP contribution in [0.1, 0.15) is 18.4 Å². The Balaban J connectivity index is 0.00000533. The molecule has 0 aliphatic carbocycles. The number of piperidine rings is 1. The van der Waals surface area contributed by atoms with E-state index in [1.807, 2.05) is 0 Å². The van der Waals surface area contributed by atoms with Crippen LogP contribution in [0, 0.1) is 17.5 Å². The SMILES string of the molecule is COc1ccc(N(C)C(=O)[C@H](Cc2cc(F)cc(F)c2)NC(=O)NS(=O)(=O)N2CCC(F)(F)CC2)cc1F.S. The quantitative estimate of drug-likeness (QED) is 0.455. The third-order valence-corrected chi connectivity index (χ3v) is 7.32. The summed E-state index contributed by atoms with van der Waals surface area (Å²) in [6.45, 7) is -1.07. The van der Waals surface area contributed by atoms with Crippen LogP contribution >= 0.6 is 13.5 Å². The Hall–Kier alpha value is -3.11. The second-order valence-corrected chi connectivity index (χ2v) is 10.3. The van der Waals surface area contributed by atoms with Crippen molar-refractivity contribution in [3.63, 3.8) is 0 Å². The van der Waals surface area contributed by atoms with Gasteiger partial charge in [-0.15, -0.1) is 0 Å². The van der Waals surface area contributed by atoms with E-state index in [0.29, 0.717) is 10.4 Å². The largest absolute Gasteiger partial charge is 0.494 e. The summed E-state index contributed by atoms with van der Waals surface area (Å²) in [5, 5.41) is 2.14. The van der Waals surface area contributed by atoms with Crippen molar-refractivity contribution in [3.8, 4) is 5.75 Å². The van der Waals surface area contributed by atoms with Crippen molar-refractivity contribution in [2.24, 2.45) is 0 Å². The molecule has 2 aromatic carbocycles. The number of alkyl halides is 2. The Labute approximate surface area is 228 Å². The number of hydrogen-bond donors (Lipinski definition) is 2. The number of rotatable bonds is 8. The van der Waals surface area contributed by atoms with Gasteiger partial charge in [0.25, 0.3) is 5.92 Å². The maximum Gasteiger partial charge on any atom is 0.330 e. The zero-order valence-electron chi connectivity index (χ0n) is 20.8. The molecule has 1 aliphatic heterocycles. The minimum absolute atomic E-state index is 0. The Morgan fingerprint density at radius 1 is 1.08 bits per heavy atom. The molecule has 1 saturated heterocycles. The molecule has 216 valence electrons. The number of benzene rings is 2.